The fourth-order valence-corrected chi connectivity index (χ4v) is 1.74. The number of nitro benzene ring substituents is 1. The molecular formula is C14H9ClN2O4. The van der Waals surface area contributed by atoms with Crippen LogP contribution in [0.1, 0.15) is 15.9 Å². The summed E-state index contributed by atoms with van der Waals surface area (Å²) < 4.78 is 0. The van der Waals surface area contributed by atoms with E-state index in [0.29, 0.717) is 16.3 Å². The molecule has 0 atom stereocenters. The zero-order valence-corrected chi connectivity index (χ0v) is 11.3. The van der Waals surface area contributed by atoms with Gasteiger partial charge in [-0.2, -0.15) is 0 Å². The lowest BCUT2D eigenvalue weighted by atomic mass is 10.2. The van der Waals surface area contributed by atoms with E-state index in [9.17, 15) is 14.9 Å². The predicted molar refractivity (Wildman–Crippen MR) is 78.8 cm³/mol. The van der Waals surface area contributed by atoms with Gasteiger partial charge in [0.2, 0.25) is 0 Å². The van der Waals surface area contributed by atoms with Gasteiger partial charge in [-0.15, -0.1) is 0 Å². The smallest absolute Gasteiger partial charge is 0.335 e. The van der Waals surface area contributed by atoms with E-state index < -0.39 is 10.9 Å². The highest BCUT2D eigenvalue weighted by Crippen LogP contribution is 2.21. The zero-order valence-electron chi connectivity index (χ0n) is 10.6. The van der Waals surface area contributed by atoms with Gasteiger partial charge in [0.25, 0.3) is 5.69 Å². The maximum atomic E-state index is 10.7. The van der Waals surface area contributed by atoms with Crippen LogP contribution in [0.5, 0.6) is 0 Å². The summed E-state index contributed by atoms with van der Waals surface area (Å²) in [5, 5.41) is 19.8. The molecule has 0 radical (unpaired) electrons. The van der Waals surface area contributed by atoms with Crippen LogP contribution >= 0.6 is 11.6 Å². The number of aromatic carboxylic acids is 1. The van der Waals surface area contributed by atoms with E-state index in [4.69, 9.17) is 16.7 Å². The highest BCUT2D eigenvalue weighted by Gasteiger charge is 2.08. The van der Waals surface area contributed by atoms with E-state index in [1.165, 1.54) is 48.7 Å². The van der Waals surface area contributed by atoms with Crippen molar-refractivity contribution >= 4 is 35.2 Å². The van der Waals surface area contributed by atoms with Gasteiger partial charge in [0.05, 0.1) is 16.2 Å². The van der Waals surface area contributed by atoms with E-state index in [1.54, 1.807) is 0 Å². The molecule has 0 saturated heterocycles. The second-order valence-corrected chi connectivity index (χ2v) is 4.48. The third-order valence-electron chi connectivity index (χ3n) is 2.66. The summed E-state index contributed by atoms with van der Waals surface area (Å²) in [5.41, 5.74) is 1.00. The number of carbonyl (C=O) groups is 1. The number of hydrogen-bond acceptors (Lipinski definition) is 4. The summed E-state index contributed by atoms with van der Waals surface area (Å²) in [6.07, 6.45) is 1.39. The maximum Gasteiger partial charge on any atom is 0.335 e. The minimum absolute atomic E-state index is 0.0814. The molecule has 6 nitrogen and oxygen atoms in total. The van der Waals surface area contributed by atoms with Crippen LogP contribution in [0.15, 0.2) is 47.5 Å². The number of carboxylic acid groups (broad SMARTS) is 1. The van der Waals surface area contributed by atoms with Gasteiger partial charge in [-0.3, -0.25) is 15.1 Å². The molecule has 21 heavy (non-hydrogen) atoms. The van der Waals surface area contributed by atoms with Crippen molar-refractivity contribution in [3.05, 3.63) is 68.7 Å². The largest absolute Gasteiger partial charge is 0.478 e. The number of rotatable bonds is 4. The minimum Gasteiger partial charge on any atom is -0.478 e. The SMILES string of the molecule is O=C(O)c1ccc(N=Cc2cc([N+](=O)[O-])ccc2Cl)cc1. The van der Waals surface area contributed by atoms with Crippen LogP contribution in [0.25, 0.3) is 0 Å². The number of nitrogens with zero attached hydrogens (tertiary/aromatic N) is 2. The molecule has 2 rings (SSSR count). The van der Waals surface area contributed by atoms with E-state index >= 15 is 0 Å². The molecule has 106 valence electrons. The number of benzene rings is 2. The first kappa shape index (κ1) is 14.7. The van der Waals surface area contributed by atoms with E-state index in [0.717, 1.165) is 0 Å². The molecule has 0 aromatic heterocycles. The lowest BCUT2D eigenvalue weighted by Crippen LogP contribution is -1.94. The molecule has 0 aliphatic carbocycles. The molecule has 0 bridgehead atoms. The van der Waals surface area contributed by atoms with Crippen LogP contribution in [-0.2, 0) is 0 Å². The Hall–Kier alpha value is -2.73. The molecule has 0 spiro atoms. The Bertz CT molecular complexity index is 726. The first-order valence-corrected chi connectivity index (χ1v) is 6.16. The monoisotopic (exact) mass is 304 g/mol. The maximum absolute atomic E-state index is 10.7. The van der Waals surface area contributed by atoms with Crippen molar-refractivity contribution in [1.29, 1.82) is 0 Å². The number of carboxylic acids is 1. The normalized spacial score (nSPS) is 10.7. The topological polar surface area (TPSA) is 92.8 Å². The Labute approximate surface area is 124 Å². The molecule has 0 aliphatic rings. The quantitative estimate of drug-likeness (QED) is 0.529. The van der Waals surface area contributed by atoms with E-state index in [2.05, 4.69) is 4.99 Å². The molecule has 0 aliphatic heterocycles. The molecule has 0 heterocycles. The fourth-order valence-electron chi connectivity index (χ4n) is 1.58. The van der Waals surface area contributed by atoms with Gasteiger partial charge in [-0.1, -0.05) is 11.6 Å². The third kappa shape index (κ3) is 3.64. The van der Waals surface area contributed by atoms with Gasteiger partial charge >= 0.3 is 5.97 Å². The first-order chi connectivity index (χ1) is 9.97. The summed E-state index contributed by atoms with van der Waals surface area (Å²) in [7, 11) is 0. The molecular weight excluding hydrogens is 296 g/mol. The van der Waals surface area contributed by atoms with Crippen molar-refractivity contribution < 1.29 is 14.8 Å². The summed E-state index contributed by atoms with van der Waals surface area (Å²) in [6.45, 7) is 0. The Morgan fingerprint density at radius 3 is 2.48 bits per heavy atom. The molecule has 0 fully saturated rings. The zero-order chi connectivity index (χ0) is 15.4. The second kappa shape index (κ2) is 6.15. The second-order valence-electron chi connectivity index (χ2n) is 4.07. The van der Waals surface area contributed by atoms with Crippen molar-refractivity contribution in [2.75, 3.05) is 0 Å². The number of halogens is 1. The predicted octanol–water partition coefficient (Wildman–Crippen LogP) is 3.70. The van der Waals surface area contributed by atoms with Crippen LogP contribution < -0.4 is 0 Å². The van der Waals surface area contributed by atoms with Crippen molar-refractivity contribution in [1.82, 2.24) is 0 Å². The number of hydrogen-bond donors (Lipinski definition) is 1. The average Bonchev–Trinajstić information content (AvgIpc) is 2.46. The number of non-ortho nitro benzene ring substituents is 1. The molecule has 0 amide bonds. The highest BCUT2D eigenvalue weighted by molar-refractivity contribution is 6.33. The van der Waals surface area contributed by atoms with Crippen LogP contribution in [0.4, 0.5) is 11.4 Å². The summed E-state index contributed by atoms with van der Waals surface area (Å²) >= 11 is 5.94. The van der Waals surface area contributed by atoms with Gasteiger partial charge < -0.3 is 5.11 Å². The van der Waals surface area contributed by atoms with Gasteiger partial charge in [0.15, 0.2) is 0 Å². The molecule has 2 aromatic carbocycles. The first-order valence-electron chi connectivity index (χ1n) is 5.79. The van der Waals surface area contributed by atoms with Crippen LogP contribution in [0, 0.1) is 10.1 Å². The Morgan fingerprint density at radius 2 is 1.90 bits per heavy atom. The summed E-state index contributed by atoms with van der Waals surface area (Å²) in [6, 6.07) is 9.96. The lowest BCUT2D eigenvalue weighted by molar-refractivity contribution is -0.384. The highest BCUT2D eigenvalue weighted by atomic mass is 35.5. The molecule has 0 saturated carbocycles. The number of nitro groups is 1. The van der Waals surface area contributed by atoms with Gasteiger partial charge in [0.1, 0.15) is 0 Å². The van der Waals surface area contributed by atoms with Crippen LogP contribution in [-0.4, -0.2) is 22.2 Å². The lowest BCUT2D eigenvalue weighted by Gasteiger charge is -1.99. The molecule has 0 unspecified atom stereocenters. The van der Waals surface area contributed by atoms with Crippen LogP contribution in [0.3, 0.4) is 0 Å². The van der Waals surface area contributed by atoms with Crippen molar-refractivity contribution in [3.8, 4) is 0 Å². The summed E-state index contributed by atoms with van der Waals surface area (Å²) in [4.78, 5) is 25.0. The molecule has 7 heteroatoms. The van der Waals surface area contributed by atoms with Gasteiger partial charge in [-0.05, 0) is 30.3 Å². The average molecular weight is 305 g/mol. The van der Waals surface area contributed by atoms with Crippen LogP contribution in [0.2, 0.25) is 5.02 Å². The standard InChI is InChI=1S/C14H9ClN2O4/c15-13-6-5-12(17(20)21)7-10(13)8-16-11-3-1-9(2-4-11)14(18)19/h1-8H,(H,18,19). The van der Waals surface area contributed by atoms with Crippen molar-refractivity contribution in [3.63, 3.8) is 0 Å². The minimum atomic E-state index is -1.02. The molecule has 2 aromatic rings. The summed E-state index contributed by atoms with van der Waals surface area (Å²) in [5.74, 6) is -1.02. The third-order valence-corrected chi connectivity index (χ3v) is 3.00. The molecule has 1 N–H and O–H groups in total. The van der Waals surface area contributed by atoms with Gasteiger partial charge in [0, 0.05) is 28.9 Å². The Kier molecular flexibility index (Phi) is 4.30. The number of aliphatic imine (C=N–C) groups is 1. The Balaban J connectivity index is 2.26. The van der Waals surface area contributed by atoms with Gasteiger partial charge in [-0.25, -0.2) is 4.79 Å². The van der Waals surface area contributed by atoms with E-state index in [-0.39, 0.29) is 11.3 Å². The Morgan fingerprint density at radius 1 is 1.24 bits per heavy atom. The van der Waals surface area contributed by atoms with Crippen molar-refractivity contribution in [2.24, 2.45) is 4.99 Å². The van der Waals surface area contributed by atoms with Crippen molar-refractivity contribution in [2.45, 2.75) is 0 Å². The fraction of sp³-hybridized carbons (Fsp3) is 0. The van der Waals surface area contributed by atoms with E-state index in [1.807, 2.05) is 0 Å².